The number of hydrogen-bond donors (Lipinski definition) is 2. The summed E-state index contributed by atoms with van der Waals surface area (Å²) in [5.74, 6) is 0.669. The van der Waals surface area contributed by atoms with Crippen LogP contribution in [0.5, 0.6) is 0 Å². The molecule has 2 heterocycles. The van der Waals surface area contributed by atoms with Crippen molar-refractivity contribution < 1.29 is 5.21 Å². The maximum absolute atomic E-state index is 8.64. The van der Waals surface area contributed by atoms with Gasteiger partial charge in [0.05, 0.1) is 0 Å². The number of nitrogens with two attached hydrogens (primary N) is 1. The van der Waals surface area contributed by atoms with Gasteiger partial charge in [-0.15, -0.1) is 0 Å². The van der Waals surface area contributed by atoms with Crippen molar-refractivity contribution in [3.8, 4) is 0 Å². The molecule has 2 aromatic rings. The summed E-state index contributed by atoms with van der Waals surface area (Å²) in [4.78, 5) is 12.6. The molecule has 3 N–H and O–H groups in total. The molecule has 0 aliphatic rings. The van der Waals surface area contributed by atoms with E-state index in [1.165, 1.54) is 23.3 Å². The highest BCUT2D eigenvalue weighted by molar-refractivity contribution is 8.00. The molecule has 0 aliphatic heterocycles. The lowest BCUT2D eigenvalue weighted by molar-refractivity contribution is 0.318. The number of nitrogens with zero attached hydrogens (tertiary/aromatic N) is 5. The molecule has 18 heavy (non-hydrogen) atoms. The van der Waals surface area contributed by atoms with E-state index in [4.69, 9.17) is 10.9 Å². The van der Waals surface area contributed by atoms with E-state index in [0.29, 0.717) is 16.7 Å². The Morgan fingerprint density at radius 1 is 1.39 bits per heavy atom. The molecule has 2 rings (SSSR count). The average molecular weight is 282 g/mol. The molecule has 0 unspecified atom stereocenters. The van der Waals surface area contributed by atoms with Crippen molar-refractivity contribution in [3.05, 3.63) is 23.3 Å². The Labute approximate surface area is 111 Å². The first-order valence-electron chi connectivity index (χ1n) is 4.90. The van der Waals surface area contributed by atoms with Crippen LogP contribution in [-0.4, -0.2) is 30.4 Å². The van der Waals surface area contributed by atoms with Gasteiger partial charge in [0.1, 0.15) is 11.5 Å². The van der Waals surface area contributed by atoms with Crippen LogP contribution in [0.4, 0.5) is 0 Å². The molecule has 7 nitrogen and oxygen atoms in total. The van der Waals surface area contributed by atoms with Crippen molar-refractivity contribution in [3.63, 3.8) is 0 Å². The zero-order valence-corrected chi connectivity index (χ0v) is 11.3. The summed E-state index contributed by atoms with van der Waals surface area (Å²) in [5.41, 5.74) is 6.62. The predicted molar refractivity (Wildman–Crippen MR) is 68.0 cm³/mol. The number of aryl methyl sites for hydroxylation is 2. The molecule has 0 atom stereocenters. The molecule has 0 saturated heterocycles. The highest BCUT2D eigenvalue weighted by Crippen LogP contribution is 2.26. The Balaban J connectivity index is 2.31. The lowest BCUT2D eigenvalue weighted by atomic mass is 10.3. The zero-order valence-electron chi connectivity index (χ0n) is 9.65. The minimum atomic E-state index is -0.0456. The topological polar surface area (TPSA) is 110 Å². The first-order valence-corrected chi connectivity index (χ1v) is 6.49. The van der Waals surface area contributed by atoms with E-state index in [9.17, 15) is 0 Å². The van der Waals surface area contributed by atoms with Crippen LogP contribution in [0, 0.1) is 13.8 Å². The number of oxime groups is 1. The van der Waals surface area contributed by atoms with E-state index in [-0.39, 0.29) is 5.84 Å². The summed E-state index contributed by atoms with van der Waals surface area (Å²) < 4.78 is 4.83. The Hall–Kier alpha value is -1.74. The van der Waals surface area contributed by atoms with E-state index in [0.717, 1.165) is 10.0 Å². The van der Waals surface area contributed by atoms with Gasteiger partial charge in [-0.05, 0) is 43.2 Å². The summed E-state index contributed by atoms with van der Waals surface area (Å²) in [6.07, 6.45) is 0. The van der Waals surface area contributed by atoms with Crippen LogP contribution in [0.2, 0.25) is 0 Å². The highest BCUT2D eigenvalue weighted by atomic mass is 32.2. The molecular weight excluding hydrogens is 272 g/mol. The Kier molecular flexibility index (Phi) is 3.72. The molecule has 0 amide bonds. The van der Waals surface area contributed by atoms with E-state index in [1.54, 1.807) is 6.07 Å². The third-order valence-electron chi connectivity index (χ3n) is 1.89. The zero-order chi connectivity index (χ0) is 13.1. The second kappa shape index (κ2) is 5.27. The standard InChI is InChI=1S/C9H10N6OS2/c1-4-3-6(7(10)14-16)13-8(11-4)17-9-12-5(2)15-18-9/h3,16H,1-2H3,(H2,10,14). The van der Waals surface area contributed by atoms with Gasteiger partial charge in [-0.25, -0.2) is 15.0 Å². The summed E-state index contributed by atoms with van der Waals surface area (Å²) in [7, 11) is 0. The first-order chi connectivity index (χ1) is 8.58. The molecule has 0 spiro atoms. The molecule has 0 radical (unpaired) electrons. The van der Waals surface area contributed by atoms with Crippen molar-refractivity contribution in [1.29, 1.82) is 0 Å². The molecule has 9 heteroatoms. The van der Waals surface area contributed by atoms with Crippen LogP contribution in [0.25, 0.3) is 0 Å². The third kappa shape index (κ3) is 2.93. The monoisotopic (exact) mass is 282 g/mol. The van der Waals surface area contributed by atoms with Gasteiger partial charge < -0.3 is 10.9 Å². The van der Waals surface area contributed by atoms with Gasteiger partial charge >= 0.3 is 0 Å². The van der Waals surface area contributed by atoms with Gasteiger partial charge in [-0.1, -0.05) is 5.16 Å². The lowest BCUT2D eigenvalue weighted by Gasteiger charge is -2.02. The largest absolute Gasteiger partial charge is 0.409 e. The number of amidine groups is 1. The Morgan fingerprint density at radius 3 is 2.78 bits per heavy atom. The minimum absolute atomic E-state index is 0.0456. The average Bonchev–Trinajstić information content (AvgIpc) is 2.73. The van der Waals surface area contributed by atoms with Crippen LogP contribution < -0.4 is 5.73 Å². The number of rotatable bonds is 3. The summed E-state index contributed by atoms with van der Waals surface area (Å²) in [5, 5.41) is 12.1. The lowest BCUT2D eigenvalue weighted by Crippen LogP contribution is -2.16. The molecule has 0 bridgehead atoms. The van der Waals surface area contributed by atoms with Crippen molar-refractivity contribution in [2.45, 2.75) is 23.3 Å². The quantitative estimate of drug-likeness (QED) is 0.286. The molecule has 0 saturated carbocycles. The van der Waals surface area contributed by atoms with Gasteiger partial charge in [0, 0.05) is 5.69 Å². The third-order valence-corrected chi connectivity index (χ3v) is 3.60. The highest BCUT2D eigenvalue weighted by Gasteiger charge is 2.10. The second-order valence-corrected chi connectivity index (χ2v) is 5.34. The van der Waals surface area contributed by atoms with Gasteiger partial charge in [-0.3, -0.25) is 0 Å². The fourth-order valence-electron chi connectivity index (χ4n) is 1.17. The normalized spacial score (nSPS) is 11.8. The number of hydrogen-bond acceptors (Lipinski definition) is 8. The predicted octanol–water partition coefficient (Wildman–Crippen LogP) is 1.19. The van der Waals surface area contributed by atoms with E-state index in [2.05, 4.69) is 24.5 Å². The smallest absolute Gasteiger partial charge is 0.195 e. The fraction of sp³-hybridized carbons (Fsp3) is 0.222. The van der Waals surface area contributed by atoms with Gasteiger partial charge in [0.25, 0.3) is 0 Å². The molecule has 0 aliphatic carbocycles. The first kappa shape index (κ1) is 12.7. The van der Waals surface area contributed by atoms with Gasteiger partial charge in [0.15, 0.2) is 15.3 Å². The van der Waals surface area contributed by atoms with E-state index >= 15 is 0 Å². The SMILES string of the molecule is Cc1cc(/C(N)=N/O)nc(Sc2nc(C)ns2)n1. The fourth-order valence-corrected chi connectivity index (χ4v) is 2.74. The van der Waals surface area contributed by atoms with Crippen molar-refractivity contribution >= 4 is 29.1 Å². The number of aromatic nitrogens is 4. The van der Waals surface area contributed by atoms with Crippen molar-refractivity contribution in [2.24, 2.45) is 10.9 Å². The Morgan fingerprint density at radius 2 is 2.17 bits per heavy atom. The molecule has 94 valence electrons. The van der Waals surface area contributed by atoms with Gasteiger partial charge in [0.2, 0.25) is 0 Å². The summed E-state index contributed by atoms with van der Waals surface area (Å²) in [6.45, 7) is 3.63. The Bertz CT molecular complexity index is 596. The van der Waals surface area contributed by atoms with Crippen LogP contribution in [0.15, 0.2) is 20.7 Å². The van der Waals surface area contributed by atoms with Gasteiger partial charge in [-0.2, -0.15) is 4.37 Å². The van der Waals surface area contributed by atoms with E-state index in [1.807, 2.05) is 13.8 Å². The maximum Gasteiger partial charge on any atom is 0.195 e. The second-order valence-electron chi connectivity index (χ2n) is 3.37. The van der Waals surface area contributed by atoms with Crippen LogP contribution in [0.3, 0.4) is 0 Å². The van der Waals surface area contributed by atoms with Crippen LogP contribution in [-0.2, 0) is 0 Å². The van der Waals surface area contributed by atoms with Crippen molar-refractivity contribution in [2.75, 3.05) is 0 Å². The van der Waals surface area contributed by atoms with E-state index < -0.39 is 0 Å². The maximum atomic E-state index is 8.64. The summed E-state index contributed by atoms with van der Waals surface area (Å²) >= 11 is 2.58. The van der Waals surface area contributed by atoms with Crippen LogP contribution in [0.1, 0.15) is 17.2 Å². The molecule has 2 aromatic heterocycles. The summed E-state index contributed by atoms with van der Waals surface area (Å²) in [6, 6.07) is 1.64. The van der Waals surface area contributed by atoms with Crippen molar-refractivity contribution in [1.82, 2.24) is 19.3 Å². The molecular formula is C9H10N6OS2. The molecule has 0 fully saturated rings. The molecule has 0 aromatic carbocycles. The minimum Gasteiger partial charge on any atom is -0.409 e. The van der Waals surface area contributed by atoms with Crippen LogP contribution >= 0.6 is 23.3 Å².